The monoisotopic (exact) mass is 558 g/mol. The molecule has 3 rings (SSSR count). The number of nitrogens with one attached hydrogen (secondary N) is 3. The van der Waals surface area contributed by atoms with Crippen LogP contribution in [0.4, 0.5) is 5.69 Å². The second-order valence-corrected chi connectivity index (χ2v) is 11.1. The molecular weight excluding hydrogens is 524 g/mol. The minimum atomic E-state index is -0.546. The second kappa shape index (κ2) is 11.9. The molecule has 0 saturated carbocycles. The van der Waals surface area contributed by atoms with Gasteiger partial charge in [-0.1, -0.05) is 49.7 Å². The van der Waals surface area contributed by atoms with Gasteiger partial charge in [0.25, 0.3) is 5.91 Å². The lowest BCUT2D eigenvalue weighted by Crippen LogP contribution is -2.42. The summed E-state index contributed by atoms with van der Waals surface area (Å²) in [5, 5.41) is 28.2. The van der Waals surface area contributed by atoms with Crippen molar-refractivity contribution < 1.29 is 19.8 Å². The molecule has 8 nitrogen and oxygen atoms in total. The number of rotatable bonds is 8. The van der Waals surface area contributed by atoms with Crippen molar-refractivity contribution in [2.45, 2.75) is 58.0 Å². The molecule has 0 aromatic heterocycles. The molecule has 0 bridgehead atoms. The number of benzene rings is 2. The van der Waals surface area contributed by atoms with Crippen molar-refractivity contribution in [3.8, 4) is 5.75 Å². The molecule has 1 aliphatic heterocycles. The summed E-state index contributed by atoms with van der Waals surface area (Å²) < 4.78 is 0.989. The summed E-state index contributed by atoms with van der Waals surface area (Å²) in [6.07, 6.45) is 0.576. The van der Waals surface area contributed by atoms with Gasteiger partial charge < -0.3 is 26.2 Å². The zero-order valence-corrected chi connectivity index (χ0v) is 22.8. The number of carbonyl (C=O) groups is 2. The molecule has 0 saturated heterocycles. The fraction of sp³-hybridized carbons (Fsp3) is 0.444. The third-order valence-electron chi connectivity index (χ3n) is 6.08. The molecule has 2 aromatic carbocycles. The van der Waals surface area contributed by atoms with Gasteiger partial charge in [0.2, 0.25) is 0 Å². The molecule has 9 heteroatoms. The summed E-state index contributed by atoms with van der Waals surface area (Å²) in [5.41, 5.74) is 2.97. The molecule has 0 spiro atoms. The number of halogens is 1. The number of anilines is 1. The van der Waals surface area contributed by atoms with Gasteiger partial charge in [0.1, 0.15) is 5.75 Å². The van der Waals surface area contributed by atoms with E-state index in [4.69, 9.17) is 0 Å². The molecule has 0 radical (unpaired) electrons. The van der Waals surface area contributed by atoms with E-state index in [2.05, 4.69) is 82.8 Å². The Morgan fingerprint density at radius 3 is 2.58 bits per heavy atom. The number of carbonyl (C=O) groups excluding carboxylic acids is 2. The lowest BCUT2D eigenvalue weighted by atomic mass is 9.83. The number of guanidine groups is 1. The molecule has 2 aromatic rings. The molecular formula is C27H35BrN4O4. The number of hydrogen-bond donors (Lipinski definition) is 5. The Labute approximate surface area is 220 Å². The number of aliphatic hydroxyl groups excluding tert-OH is 1. The largest absolute Gasteiger partial charge is 0.508 e. The number of Topliss-reactive ketones (excluding diaryl/α,β-unsaturated/α-hetero) is 1. The summed E-state index contributed by atoms with van der Waals surface area (Å²) in [7, 11) is 0. The van der Waals surface area contributed by atoms with Crippen molar-refractivity contribution >= 4 is 39.3 Å². The standard InChI is InChI=1S/C27H35BrN4O4/c1-5-16(17-6-19(27(2,3)4)11-20(28)7-17)9-23(34)13-29-25(36)18-8-21(12-22(33)10-18)32-26-30-14-24(35)15-31-26/h6-8,10-12,16,24,33,35H,5,9,13-15H2,1-4H3,(H,29,36)(H2,30,31,32)/t16-/m1/s1. The smallest absolute Gasteiger partial charge is 0.251 e. The van der Waals surface area contributed by atoms with Crippen LogP contribution in [0.1, 0.15) is 67.9 Å². The first-order valence-corrected chi connectivity index (χ1v) is 12.9. The number of aliphatic hydroxyl groups is 1. The zero-order valence-electron chi connectivity index (χ0n) is 21.2. The molecule has 194 valence electrons. The molecule has 5 N–H and O–H groups in total. The Morgan fingerprint density at radius 1 is 1.19 bits per heavy atom. The maximum Gasteiger partial charge on any atom is 0.251 e. The highest BCUT2D eigenvalue weighted by Gasteiger charge is 2.20. The van der Waals surface area contributed by atoms with Crippen molar-refractivity contribution in [1.82, 2.24) is 10.6 Å². The number of phenols is 1. The molecule has 1 aliphatic rings. The number of phenolic OH excluding ortho intramolecular Hbond substituents is 1. The van der Waals surface area contributed by atoms with E-state index in [1.165, 1.54) is 17.7 Å². The fourth-order valence-corrected chi connectivity index (χ4v) is 4.48. The molecule has 1 heterocycles. The van der Waals surface area contributed by atoms with Gasteiger partial charge in [-0.3, -0.25) is 14.6 Å². The van der Waals surface area contributed by atoms with Crippen molar-refractivity contribution in [3.05, 3.63) is 57.6 Å². The summed E-state index contributed by atoms with van der Waals surface area (Å²) in [5.74, 6) is -0.123. The number of amides is 1. The molecule has 0 fully saturated rings. The first-order chi connectivity index (χ1) is 16.9. The molecule has 2 atom stereocenters. The van der Waals surface area contributed by atoms with Gasteiger partial charge in [-0.15, -0.1) is 0 Å². The van der Waals surface area contributed by atoms with Crippen LogP contribution in [-0.4, -0.2) is 53.6 Å². The van der Waals surface area contributed by atoms with Gasteiger partial charge in [0.05, 0.1) is 19.2 Å². The van der Waals surface area contributed by atoms with Crippen LogP contribution in [0.25, 0.3) is 0 Å². The first-order valence-electron chi connectivity index (χ1n) is 12.1. The van der Waals surface area contributed by atoms with Gasteiger partial charge in [-0.25, -0.2) is 0 Å². The van der Waals surface area contributed by atoms with Crippen LogP contribution in [-0.2, 0) is 10.2 Å². The van der Waals surface area contributed by atoms with Crippen molar-refractivity contribution in [2.24, 2.45) is 4.99 Å². The van der Waals surface area contributed by atoms with E-state index in [-0.39, 0.29) is 41.5 Å². The van der Waals surface area contributed by atoms with Crippen molar-refractivity contribution in [2.75, 3.05) is 25.0 Å². The van der Waals surface area contributed by atoms with Crippen LogP contribution in [0.5, 0.6) is 5.75 Å². The average Bonchev–Trinajstić information content (AvgIpc) is 2.81. The Hall–Kier alpha value is -2.91. The molecule has 0 aliphatic carbocycles. The minimum Gasteiger partial charge on any atom is -0.508 e. The van der Waals surface area contributed by atoms with Crippen LogP contribution in [0.3, 0.4) is 0 Å². The van der Waals surface area contributed by atoms with E-state index in [9.17, 15) is 19.8 Å². The Bertz CT molecular complexity index is 1140. The van der Waals surface area contributed by atoms with Crippen molar-refractivity contribution in [3.63, 3.8) is 0 Å². The van der Waals surface area contributed by atoms with Gasteiger partial charge >= 0.3 is 0 Å². The van der Waals surface area contributed by atoms with E-state index in [1.54, 1.807) is 6.07 Å². The number of nitrogens with zero attached hydrogens (tertiary/aromatic N) is 1. The Morgan fingerprint density at radius 2 is 1.94 bits per heavy atom. The van der Waals surface area contributed by atoms with E-state index in [0.717, 1.165) is 16.5 Å². The fourth-order valence-electron chi connectivity index (χ4n) is 3.97. The number of hydrogen-bond acceptors (Lipinski definition) is 7. The highest BCUT2D eigenvalue weighted by atomic mass is 79.9. The van der Waals surface area contributed by atoms with Crippen LogP contribution in [0.2, 0.25) is 0 Å². The number of aromatic hydroxyl groups is 1. The molecule has 36 heavy (non-hydrogen) atoms. The summed E-state index contributed by atoms with van der Waals surface area (Å²) in [6.45, 7) is 9.06. The highest BCUT2D eigenvalue weighted by molar-refractivity contribution is 9.10. The predicted molar refractivity (Wildman–Crippen MR) is 146 cm³/mol. The lowest BCUT2D eigenvalue weighted by molar-refractivity contribution is -0.118. The highest BCUT2D eigenvalue weighted by Crippen LogP contribution is 2.32. The lowest BCUT2D eigenvalue weighted by Gasteiger charge is -2.23. The minimum absolute atomic E-state index is 0.00926. The number of β-amino-alcohol motifs (C(OH)–C–C–N with tert-alkyl or cyclic N) is 1. The maximum absolute atomic E-state index is 12.8. The van der Waals surface area contributed by atoms with Crippen molar-refractivity contribution in [1.29, 1.82) is 0 Å². The Kier molecular flexibility index (Phi) is 9.13. The molecule has 1 unspecified atom stereocenters. The van der Waals surface area contributed by atoms with Crippen LogP contribution in [0, 0.1) is 0 Å². The van der Waals surface area contributed by atoms with E-state index in [1.807, 2.05) is 0 Å². The second-order valence-electron chi connectivity index (χ2n) is 10.2. The quantitative estimate of drug-likeness (QED) is 0.333. The van der Waals surface area contributed by atoms with E-state index >= 15 is 0 Å². The van der Waals surface area contributed by atoms with Crippen LogP contribution >= 0.6 is 15.9 Å². The van der Waals surface area contributed by atoms with Crippen LogP contribution < -0.4 is 16.0 Å². The predicted octanol–water partition coefficient (Wildman–Crippen LogP) is 4.07. The summed E-state index contributed by atoms with van der Waals surface area (Å²) in [6, 6.07) is 10.7. The van der Waals surface area contributed by atoms with Gasteiger partial charge in [-0.05, 0) is 53.1 Å². The van der Waals surface area contributed by atoms with Gasteiger partial charge in [0, 0.05) is 34.8 Å². The Balaban J connectivity index is 1.62. The third-order valence-corrected chi connectivity index (χ3v) is 6.54. The average molecular weight is 560 g/mol. The summed E-state index contributed by atoms with van der Waals surface area (Å²) in [4.78, 5) is 29.7. The van der Waals surface area contributed by atoms with Crippen LogP contribution in [0.15, 0.2) is 45.9 Å². The van der Waals surface area contributed by atoms with Gasteiger partial charge in [0.15, 0.2) is 11.7 Å². The SMILES string of the molecule is CC[C@H](CC(=O)CNC(=O)c1cc(O)cc(NC2=NCC(O)CN2)c1)c1cc(Br)cc(C(C)(C)C)c1. The van der Waals surface area contributed by atoms with E-state index < -0.39 is 12.0 Å². The van der Waals surface area contributed by atoms with Gasteiger partial charge in [-0.2, -0.15) is 0 Å². The maximum atomic E-state index is 12.8. The molecule has 1 amide bonds. The van der Waals surface area contributed by atoms with E-state index in [0.29, 0.717) is 24.6 Å². The number of ketones is 1. The zero-order chi connectivity index (χ0) is 26.5. The summed E-state index contributed by atoms with van der Waals surface area (Å²) >= 11 is 3.60. The first kappa shape index (κ1) is 27.7. The normalized spacial score (nSPS) is 16.5. The topological polar surface area (TPSA) is 123 Å². The third kappa shape index (κ3) is 7.80. The number of aliphatic imine (C=N–C) groups is 1.